The van der Waals surface area contributed by atoms with Gasteiger partial charge in [0.1, 0.15) is 5.75 Å². The molecular formula is C13H12N2O3. The third-order valence-corrected chi connectivity index (χ3v) is 2.31. The predicted molar refractivity (Wildman–Crippen MR) is 65.6 cm³/mol. The van der Waals surface area contributed by atoms with Gasteiger partial charge < -0.3 is 10.5 Å². The molecule has 0 saturated carbocycles. The molecule has 0 radical (unpaired) electrons. The summed E-state index contributed by atoms with van der Waals surface area (Å²) in [5.41, 5.74) is 5.94. The summed E-state index contributed by atoms with van der Waals surface area (Å²) in [5, 5.41) is 8.76. The molecule has 0 aliphatic rings. The van der Waals surface area contributed by atoms with E-state index in [0.29, 0.717) is 16.9 Å². The number of hydrogen-bond donors (Lipinski definition) is 1. The lowest BCUT2D eigenvalue weighted by Crippen LogP contribution is -2.18. The lowest BCUT2D eigenvalue weighted by Gasteiger charge is -2.06. The Balaban J connectivity index is 3.33. The average Bonchev–Trinajstić information content (AvgIpc) is 2.34. The molecule has 0 aromatic heterocycles. The molecule has 0 aliphatic carbocycles. The quantitative estimate of drug-likeness (QED) is 0.486. The van der Waals surface area contributed by atoms with Crippen LogP contribution in [0.3, 0.4) is 0 Å². The van der Waals surface area contributed by atoms with Crippen LogP contribution in [0.4, 0.5) is 0 Å². The van der Waals surface area contributed by atoms with E-state index in [4.69, 9.17) is 15.7 Å². The smallest absolute Gasteiger partial charge is 0.252 e. The Morgan fingerprint density at radius 3 is 2.56 bits per heavy atom. The van der Waals surface area contributed by atoms with Gasteiger partial charge in [0.05, 0.1) is 24.3 Å². The maximum Gasteiger partial charge on any atom is 0.252 e. The molecule has 0 aliphatic heterocycles. The van der Waals surface area contributed by atoms with E-state index in [1.165, 1.54) is 26.2 Å². The molecule has 0 spiro atoms. The highest BCUT2D eigenvalue weighted by Gasteiger charge is 2.12. The first-order chi connectivity index (χ1) is 8.49. The molecule has 0 atom stereocenters. The Morgan fingerprint density at radius 2 is 2.11 bits per heavy atom. The van der Waals surface area contributed by atoms with E-state index in [0.717, 1.165) is 0 Å². The molecule has 1 aromatic carbocycles. The molecule has 5 heteroatoms. The molecule has 1 aromatic rings. The van der Waals surface area contributed by atoms with Gasteiger partial charge in [0.25, 0.3) is 5.91 Å². The minimum Gasteiger partial charge on any atom is -0.496 e. The number of rotatable bonds is 4. The Bertz CT molecular complexity index is 552. The van der Waals surface area contributed by atoms with E-state index in [1.807, 2.05) is 6.07 Å². The van der Waals surface area contributed by atoms with Gasteiger partial charge in [0.2, 0.25) is 0 Å². The van der Waals surface area contributed by atoms with Crippen molar-refractivity contribution in [2.45, 2.75) is 6.92 Å². The summed E-state index contributed by atoms with van der Waals surface area (Å²) in [6.45, 7) is 1.26. The van der Waals surface area contributed by atoms with Crippen molar-refractivity contribution in [1.82, 2.24) is 0 Å². The van der Waals surface area contributed by atoms with Gasteiger partial charge in [-0.1, -0.05) is 0 Å². The van der Waals surface area contributed by atoms with Crippen molar-refractivity contribution in [2.75, 3.05) is 7.11 Å². The SMILES string of the molecule is COc1cc(C#N)ccc1/C=C(/C(C)=O)C(N)=O. The fourth-order valence-electron chi connectivity index (χ4n) is 1.40. The maximum atomic E-state index is 11.3. The minimum atomic E-state index is -0.797. The molecule has 18 heavy (non-hydrogen) atoms. The lowest BCUT2D eigenvalue weighted by atomic mass is 10.0. The van der Waals surface area contributed by atoms with Crippen molar-refractivity contribution in [1.29, 1.82) is 5.26 Å². The van der Waals surface area contributed by atoms with Crippen molar-refractivity contribution >= 4 is 17.8 Å². The summed E-state index contributed by atoms with van der Waals surface area (Å²) in [5.74, 6) is -0.822. The Hall–Kier alpha value is -2.61. The number of carbonyl (C=O) groups is 2. The van der Waals surface area contributed by atoms with Gasteiger partial charge in [0, 0.05) is 5.56 Å². The van der Waals surface area contributed by atoms with Crippen molar-refractivity contribution in [3.8, 4) is 11.8 Å². The molecule has 1 rings (SSSR count). The van der Waals surface area contributed by atoms with Gasteiger partial charge in [-0.05, 0) is 31.2 Å². The Kier molecular flexibility index (Phi) is 4.22. The second kappa shape index (κ2) is 5.64. The van der Waals surface area contributed by atoms with Crippen molar-refractivity contribution in [3.63, 3.8) is 0 Å². The van der Waals surface area contributed by atoms with Crippen LogP contribution in [0.15, 0.2) is 23.8 Å². The molecule has 0 bridgehead atoms. The van der Waals surface area contributed by atoms with Crippen LogP contribution in [0.25, 0.3) is 6.08 Å². The Morgan fingerprint density at radius 1 is 1.44 bits per heavy atom. The molecule has 0 fully saturated rings. The van der Waals surface area contributed by atoms with Crippen molar-refractivity contribution < 1.29 is 14.3 Å². The second-order valence-electron chi connectivity index (χ2n) is 3.55. The molecule has 0 saturated heterocycles. The van der Waals surface area contributed by atoms with Gasteiger partial charge in [-0.15, -0.1) is 0 Å². The number of nitrogens with zero attached hydrogens (tertiary/aromatic N) is 1. The summed E-state index contributed by atoms with van der Waals surface area (Å²) in [6.07, 6.45) is 1.35. The standard InChI is InChI=1S/C13H12N2O3/c1-8(16)11(13(15)17)6-10-4-3-9(7-14)5-12(10)18-2/h3-6H,1-2H3,(H2,15,17)/b11-6-. The number of nitrogens with two attached hydrogens (primary N) is 1. The van der Waals surface area contributed by atoms with Crippen molar-refractivity contribution in [2.24, 2.45) is 5.73 Å². The summed E-state index contributed by atoms with van der Waals surface area (Å²) in [4.78, 5) is 22.4. The highest BCUT2D eigenvalue weighted by Crippen LogP contribution is 2.22. The van der Waals surface area contributed by atoms with Gasteiger partial charge >= 0.3 is 0 Å². The first-order valence-electron chi connectivity index (χ1n) is 5.10. The number of benzene rings is 1. The third-order valence-electron chi connectivity index (χ3n) is 2.31. The Labute approximate surface area is 104 Å². The van der Waals surface area contributed by atoms with Crippen LogP contribution in [0.2, 0.25) is 0 Å². The second-order valence-corrected chi connectivity index (χ2v) is 3.55. The zero-order valence-electron chi connectivity index (χ0n) is 10.1. The first-order valence-corrected chi connectivity index (χ1v) is 5.10. The van der Waals surface area contributed by atoms with Crippen LogP contribution in [0.5, 0.6) is 5.75 Å². The van der Waals surface area contributed by atoms with Crippen molar-refractivity contribution in [3.05, 3.63) is 34.9 Å². The zero-order valence-corrected chi connectivity index (χ0v) is 10.1. The largest absolute Gasteiger partial charge is 0.496 e. The van der Waals surface area contributed by atoms with Gasteiger partial charge in [-0.2, -0.15) is 5.26 Å². The molecule has 0 unspecified atom stereocenters. The fraction of sp³-hybridized carbons (Fsp3) is 0.154. The number of carbonyl (C=O) groups excluding carboxylic acids is 2. The number of nitriles is 1. The molecule has 1 amide bonds. The van der Waals surface area contributed by atoms with Gasteiger partial charge in [-0.25, -0.2) is 0 Å². The molecule has 2 N–H and O–H groups in total. The van der Waals surface area contributed by atoms with E-state index < -0.39 is 11.7 Å². The van der Waals surface area contributed by atoms with Crippen LogP contribution in [0.1, 0.15) is 18.1 Å². The van der Waals surface area contributed by atoms with Crippen LogP contribution in [0, 0.1) is 11.3 Å². The lowest BCUT2D eigenvalue weighted by molar-refractivity contribution is -0.119. The zero-order chi connectivity index (χ0) is 13.7. The molecule has 92 valence electrons. The highest BCUT2D eigenvalue weighted by atomic mass is 16.5. The minimum absolute atomic E-state index is 0.113. The third kappa shape index (κ3) is 2.95. The molecular weight excluding hydrogens is 232 g/mol. The van der Waals surface area contributed by atoms with E-state index in [-0.39, 0.29) is 5.57 Å². The number of primary amides is 1. The van der Waals surface area contributed by atoms with Gasteiger partial charge in [-0.3, -0.25) is 9.59 Å². The van der Waals surface area contributed by atoms with Crippen LogP contribution in [-0.4, -0.2) is 18.8 Å². The monoisotopic (exact) mass is 244 g/mol. The van der Waals surface area contributed by atoms with E-state index >= 15 is 0 Å². The average molecular weight is 244 g/mol. The molecule has 0 heterocycles. The summed E-state index contributed by atoms with van der Waals surface area (Å²) < 4.78 is 5.09. The first kappa shape index (κ1) is 13.5. The van der Waals surface area contributed by atoms with Crippen LogP contribution in [-0.2, 0) is 9.59 Å². The van der Waals surface area contributed by atoms with Crippen LogP contribution < -0.4 is 10.5 Å². The fourth-order valence-corrected chi connectivity index (χ4v) is 1.40. The maximum absolute atomic E-state index is 11.3. The van der Waals surface area contributed by atoms with E-state index in [2.05, 4.69) is 0 Å². The topological polar surface area (TPSA) is 93.2 Å². The van der Waals surface area contributed by atoms with Gasteiger partial charge in [0.15, 0.2) is 5.78 Å². The number of amides is 1. The predicted octanol–water partition coefficient (Wildman–Crippen LogP) is 1.02. The number of methoxy groups -OCH3 is 1. The number of hydrogen-bond acceptors (Lipinski definition) is 4. The van der Waals surface area contributed by atoms with E-state index in [9.17, 15) is 9.59 Å². The number of Topliss-reactive ketones (excluding diaryl/α,β-unsaturated/α-hetero) is 1. The summed E-state index contributed by atoms with van der Waals surface area (Å²) >= 11 is 0. The normalized spacial score (nSPS) is 10.6. The van der Waals surface area contributed by atoms with Crippen LogP contribution >= 0.6 is 0 Å². The molecule has 5 nitrogen and oxygen atoms in total. The highest BCUT2D eigenvalue weighted by molar-refractivity contribution is 6.21. The van der Waals surface area contributed by atoms with E-state index in [1.54, 1.807) is 12.1 Å². The number of ketones is 1. The number of ether oxygens (including phenoxy) is 1. The summed E-state index contributed by atoms with van der Waals surface area (Å²) in [6, 6.07) is 6.64. The summed E-state index contributed by atoms with van der Waals surface area (Å²) in [7, 11) is 1.44.